The number of aromatic amines is 1. The highest BCUT2D eigenvalue weighted by atomic mass is 35.5. The van der Waals surface area contributed by atoms with Gasteiger partial charge >= 0.3 is 0 Å². The van der Waals surface area contributed by atoms with Crippen molar-refractivity contribution in [2.45, 2.75) is 0 Å². The van der Waals surface area contributed by atoms with Crippen molar-refractivity contribution in [2.24, 2.45) is 0 Å². The van der Waals surface area contributed by atoms with Crippen molar-refractivity contribution in [3.05, 3.63) is 70.9 Å². The zero-order valence-electron chi connectivity index (χ0n) is 14.3. The van der Waals surface area contributed by atoms with Crippen LogP contribution < -0.4 is 9.47 Å². The molecule has 5 nitrogen and oxygen atoms in total. The summed E-state index contributed by atoms with van der Waals surface area (Å²) >= 11 is 5.83. The summed E-state index contributed by atoms with van der Waals surface area (Å²) in [6.45, 7) is 0. The summed E-state index contributed by atoms with van der Waals surface area (Å²) in [5, 5.41) is 7.78. The number of ether oxygens (including phenoxy) is 2. The maximum atomic E-state index is 12.2. The highest BCUT2D eigenvalue weighted by Crippen LogP contribution is 2.29. The first-order valence-electron chi connectivity index (χ1n) is 7.86. The third kappa shape index (κ3) is 4.13. The number of allylic oxidation sites excluding steroid dienone is 1. The molecule has 0 saturated heterocycles. The maximum absolute atomic E-state index is 12.2. The minimum Gasteiger partial charge on any atom is -0.497 e. The van der Waals surface area contributed by atoms with Gasteiger partial charge in [-0.05, 0) is 54.6 Å². The van der Waals surface area contributed by atoms with Crippen molar-refractivity contribution < 1.29 is 14.3 Å². The number of methoxy groups -OCH3 is 2. The topological polar surface area (TPSA) is 64.2 Å². The highest BCUT2D eigenvalue weighted by Gasteiger charge is 2.08. The van der Waals surface area contributed by atoms with E-state index in [2.05, 4.69) is 10.2 Å². The van der Waals surface area contributed by atoms with Crippen LogP contribution in [0.3, 0.4) is 0 Å². The van der Waals surface area contributed by atoms with E-state index in [-0.39, 0.29) is 5.78 Å². The van der Waals surface area contributed by atoms with Gasteiger partial charge < -0.3 is 9.47 Å². The first-order valence-corrected chi connectivity index (χ1v) is 8.23. The summed E-state index contributed by atoms with van der Waals surface area (Å²) in [5.41, 5.74) is 2.86. The number of hydrogen-bond acceptors (Lipinski definition) is 4. The maximum Gasteiger partial charge on any atom is 0.185 e. The molecule has 0 saturated carbocycles. The van der Waals surface area contributed by atoms with Gasteiger partial charge in [0.1, 0.15) is 11.5 Å². The lowest BCUT2D eigenvalue weighted by Crippen LogP contribution is -1.93. The van der Waals surface area contributed by atoms with Gasteiger partial charge in [0.2, 0.25) is 0 Å². The normalized spacial score (nSPS) is 10.9. The van der Waals surface area contributed by atoms with E-state index < -0.39 is 0 Å². The molecule has 0 amide bonds. The van der Waals surface area contributed by atoms with Crippen molar-refractivity contribution in [3.8, 4) is 22.8 Å². The number of ketones is 1. The molecule has 0 unspecified atom stereocenters. The van der Waals surface area contributed by atoms with E-state index in [0.29, 0.717) is 27.8 Å². The quantitative estimate of drug-likeness (QED) is 0.508. The van der Waals surface area contributed by atoms with Crippen LogP contribution in [0, 0.1) is 0 Å². The van der Waals surface area contributed by atoms with E-state index in [1.807, 2.05) is 18.2 Å². The molecule has 0 bridgehead atoms. The minimum atomic E-state index is -0.110. The highest BCUT2D eigenvalue weighted by molar-refractivity contribution is 6.30. The molecule has 1 aromatic heterocycles. The van der Waals surface area contributed by atoms with Crippen LogP contribution in [0.4, 0.5) is 0 Å². The van der Waals surface area contributed by atoms with Crippen molar-refractivity contribution in [3.63, 3.8) is 0 Å². The monoisotopic (exact) mass is 368 g/mol. The summed E-state index contributed by atoms with van der Waals surface area (Å²) in [5.74, 6) is 1.25. The predicted octanol–water partition coefficient (Wildman–Crippen LogP) is 4.64. The lowest BCUT2D eigenvalue weighted by atomic mass is 10.1. The number of rotatable bonds is 6. The van der Waals surface area contributed by atoms with E-state index in [4.69, 9.17) is 21.1 Å². The lowest BCUT2D eigenvalue weighted by Gasteiger charge is -2.06. The van der Waals surface area contributed by atoms with Crippen LogP contribution in [0.15, 0.2) is 54.6 Å². The lowest BCUT2D eigenvalue weighted by molar-refractivity contribution is 0.104. The molecule has 6 heteroatoms. The predicted molar refractivity (Wildman–Crippen MR) is 102 cm³/mol. The van der Waals surface area contributed by atoms with Gasteiger partial charge in [-0.25, -0.2) is 0 Å². The molecular formula is C20H17ClN2O3. The molecule has 0 aliphatic carbocycles. The Labute approximate surface area is 156 Å². The van der Waals surface area contributed by atoms with Crippen molar-refractivity contribution in [1.29, 1.82) is 0 Å². The number of carbonyl (C=O) groups excluding carboxylic acids is 1. The van der Waals surface area contributed by atoms with Crippen LogP contribution in [0.5, 0.6) is 11.5 Å². The molecule has 0 aliphatic heterocycles. The van der Waals surface area contributed by atoms with E-state index in [9.17, 15) is 4.79 Å². The molecule has 132 valence electrons. The number of H-pyrrole nitrogens is 1. The van der Waals surface area contributed by atoms with Gasteiger partial charge in [0.15, 0.2) is 5.78 Å². The minimum absolute atomic E-state index is 0.110. The van der Waals surface area contributed by atoms with Gasteiger partial charge in [-0.15, -0.1) is 0 Å². The molecule has 0 aliphatic rings. The SMILES string of the molecule is COc1cc(OC)cc(-c2cc(C=CC(=O)c3ccc(Cl)cc3)[nH]n2)c1. The third-order valence-corrected chi connectivity index (χ3v) is 4.04. The Kier molecular flexibility index (Phi) is 5.39. The third-order valence-electron chi connectivity index (χ3n) is 3.79. The fraction of sp³-hybridized carbons (Fsp3) is 0.100. The number of aromatic nitrogens is 2. The van der Waals surface area contributed by atoms with Crippen LogP contribution in [0.1, 0.15) is 16.1 Å². The number of halogens is 1. The molecule has 2 aromatic carbocycles. The molecule has 0 atom stereocenters. The van der Waals surface area contributed by atoms with E-state index >= 15 is 0 Å². The Balaban J connectivity index is 1.79. The van der Waals surface area contributed by atoms with Gasteiger partial charge in [-0.2, -0.15) is 5.10 Å². The van der Waals surface area contributed by atoms with Gasteiger partial charge in [-0.3, -0.25) is 9.89 Å². The molecule has 0 radical (unpaired) electrons. The van der Waals surface area contributed by atoms with E-state index in [1.165, 1.54) is 6.08 Å². The fourth-order valence-electron chi connectivity index (χ4n) is 2.40. The van der Waals surface area contributed by atoms with E-state index in [0.717, 1.165) is 11.3 Å². The van der Waals surface area contributed by atoms with Crippen LogP contribution >= 0.6 is 11.6 Å². The largest absolute Gasteiger partial charge is 0.497 e. The summed E-state index contributed by atoms with van der Waals surface area (Å²) in [6, 6.07) is 14.1. The van der Waals surface area contributed by atoms with Gasteiger partial charge in [0.05, 0.1) is 25.6 Å². The van der Waals surface area contributed by atoms with Crippen molar-refractivity contribution in [2.75, 3.05) is 14.2 Å². The Morgan fingerprint density at radius 1 is 1.04 bits per heavy atom. The van der Waals surface area contributed by atoms with Crippen molar-refractivity contribution in [1.82, 2.24) is 10.2 Å². The summed E-state index contributed by atoms with van der Waals surface area (Å²) in [6.07, 6.45) is 3.18. The van der Waals surface area contributed by atoms with E-state index in [1.54, 1.807) is 50.6 Å². The zero-order chi connectivity index (χ0) is 18.5. The smallest absolute Gasteiger partial charge is 0.185 e. The standard InChI is InChI=1S/C20H17ClN2O3/c1-25-17-9-14(10-18(12-17)26-2)19-11-16(22-23-19)7-8-20(24)13-3-5-15(21)6-4-13/h3-12H,1-2H3,(H,22,23). The zero-order valence-corrected chi connectivity index (χ0v) is 15.1. The van der Waals surface area contributed by atoms with Crippen LogP contribution in [0.2, 0.25) is 5.02 Å². The molecule has 0 spiro atoms. The average Bonchev–Trinajstić information content (AvgIpc) is 3.15. The number of benzene rings is 2. The first kappa shape index (κ1) is 17.8. The van der Waals surface area contributed by atoms with Gasteiger partial charge in [0, 0.05) is 22.2 Å². The Morgan fingerprint density at radius 3 is 2.31 bits per heavy atom. The number of nitrogens with zero attached hydrogens (tertiary/aromatic N) is 1. The molecular weight excluding hydrogens is 352 g/mol. The summed E-state index contributed by atoms with van der Waals surface area (Å²) in [4.78, 5) is 12.2. The molecule has 1 heterocycles. The summed E-state index contributed by atoms with van der Waals surface area (Å²) in [7, 11) is 3.19. The molecule has 26 heavy (non-hydrogen) atoms. The molecule has 3 aromatic rings. The second kappa shape index (κ2) is 7.89. The van der Waals surface area contributed by atoms with Crippen LogP contribution in [-0.4, -0.2) is 30.2 Å². The van der Waals surface area contributed by atoms with Crippen LogP contribution in [-0.2, 0) is 0 Å². The number of carbonyl (C=O) groups is 1. The molecule has 3 rings (SSSR count). The Morgan fingerprint density at radius 2 is 1.69 bits per heavy atom. The summed E-state index contributed by atoms with van der Waals surface area (Å²) < 4.78 is 10.6. The second-order valence-electron chi connectivity index (χ2n) is 5.51. The number of nitrogens with one attached hydrogen (secondary N) is 1. The molecule has 1 N–H and O–H groups in total. The second-order valence-corrected chi connectivity index (χ2v) is 5.95. The Bertz CT molecular complexity index is 924. The number of hydrogen-bond donors (Lipinski definition) is 1. The van der Waals surface area contributed by atoms with Crippen LogP contribution in [0.25, 0.3) is 17.3 Å². The molecule has 0 fully saturated rings. The first-order chi connectivity index (χ1) is 12.6. The van der Waals surface area contributed by atoms with Crippen molar-refractivity contribution >= 4 is 23.5 Å². The average molecular weight is 369 g/mol. The Hall–Kier alpha value is -3.05. The fourth-order valence-corrected chi connectivity index (χ4v) is 2.53. The van der Waals surface area contributed by atoms with Gasteiger partial charge in [-0.1, -0.05) is 11.6 Å². The van der Waals surface area contributed by atoms with Gasteiger partial charge in [0.25, 0.3) is 0 Å².